The van der Waals surface area contributed by atoms with Crippen LogP contribution in [-0.4, -0.2) is 42.3 Å². The summed E-state index contributed by atoms with van der Waals surface area (Å²) in [5, 5.41) is 8.95. The van der Waals surface area contributed by atoms with Gasteiger partial charge in [0, 0.05) is 41.6 Å². The van der Waals surface area contributed by atoms with Crippen LogP contribution in [0.25, 0.3) is 0 Å². The van der Waals surface area contributed by atoms with Crippen LogP contribution in [0.4, 0.5) is 17.1 Å². The van der Waals surface area contributed by atoms with E-state index in [1.807, 2.05) is 48.2 Å². The Balaban J connectivity index is 1.33. The van der Waals surface area contributed by atoms with Crippen molar-refractivity contribution in [1.29, 1.82) is 0 Å². The van der Waals surface area contributed by atoms with E-state index < -0.39 is 0 Å². The van der Waals surface area contributed by atoms with Crippen molar-refractivity contribution in [2.45, 2.75) is 39.0 Å². The Hall–Kier alpha value is -3.35. The molecular weight excluding hydrogens is 404 g/mol. The molecule has 0 bridgehead atoms. The molecule has 0 atom stereocenters. The molecule has 2 aromatic rings. The molecule has 168 valence electrons. The monoisotopic (exact) mass is 434 g/mol. The summed E-state index contributed by atoms with van der Waals surface area (Å²) in [5.74, 6) is -0.00310. The van der Waals surface area contributed by atoms with E-state index in [2.05, 4.69) is 16.0 Å². The van der Waals surface area contributed by atoms with E-state index in [4.69, 9.17) is 0 Å². The van der Waals surface area contributed by atoms with E-state index in [9.17, 15) is 14.4 Å². The molecule has 1 aliphatic carbocycles. The molecule has 1 heterocycles. The summed E-state index contributed by atoms with van der Waals surface area (Å²) in [5.41, 5.74) is 3.57. The van der Waals surface area contributed by atoms with E-state index in [0.29, 0.717) is 11.3 Å². The second-order valence-electron chi connectivity index (χ2n) is 8.58. The van der Waals surface area contributed by atoms with Crippen LogP contribution in [0.3, 0.4) is 0 Å². The van der Waals surface area contributed by atoms with E-state index in [1.165, 1.54) is 6.42 Å². The lowest BCUT2D eigenvalue weighted by atomic mass is 10.1. The number of nitrogens with zero attached hydrogens (tertiary/aromatic N) is 1. The number of hydrogen-bond acceptors (Lipinski definition) is 4. The highest BCUT2D eigenvalue weighted by molar-refractivity contribution is 5.99. The van der Waals surface area contributed by atoms with Gasteiger partial charge in [0.05, 0.1) is 6.54 Å². The van der Waals surface area contributed by atoms with Gasteiger partial charge in [0.25, 0.3) is 5.91 Å². The zero-order chi connectivity index (χ0) is 22.5. The van der Waals surface area contributed by atoms with Crippen molar-refractivity contribution >= 4 is 34.8 Å². The highest BCUT2D eigenvalue weighted by Gasteiger charge is 2.29. The van der Waals surface area contributed by atoms with Gasteiger partial charge in [0.2, 0.25) is 11.8 Å². The first-order chi connectivity index (χ1) is 15.5. The fraction of sp³-hybridized carbons (Fsp3) is 0.400. The lowest BCUT2D eigenvalue weighted by Gasteiger charge is -2.26. The van der Waals surface area contributed by atoms with Gasteiger partial charge in [-0.15, -0.1) is 0 Å². The van der Waals surface area contributed by atoms with Gasteiger partial charge in [0.1, 0.15) is 0 Å². The van der Waals surface area contributed by atoms with E-state index >= 15 is 0 Å². The largest absolute Gasteiger partial charge is 0.376 e. The molecule has 0 radical (unpaired) electrons. The van der Waals surface area contributed by atoms with Crippen LogP contribution in [0, 0.1) is 12.8 Å². The average Bonchev–Trinajstić information content (AvgIpc) is 3.66. The molecule has 2 fully saturated rings. The van der Waals surface area contributed by atoms with Crippen molar-refractivity contribution in [3.05, 3.63) is 53.6 Å². The molecule has 3 amide bonds. The first-order valence-electron chi connectivity index (χ1n) is 11.3. The fourth-order valence-electron chi connectivity index (χ4n) is 3.91. The van der Waals surface area contributed by atoms with Crippen LogP contribution < -0.4 is 16.0 Å². The van der Waals surface area contributed by atoms with Crippen molar-refractivity contribution in [2.75, 3.05) is 35.6 Å². The minimum absolute atomic E-state index is 0.0391. The van der Waals surface area contributed by atoms with Crippen molar-refractivity contribution in [3.63, 3.8) is 0 Å². The molecule has 1 aliphatic heterocycles. The maximum Gasteiger partial charge on any atom is 0.253 e. The third-order valence-electron chi connectivity index (χ3n) is 6.02. The molecule has 7 nitrogen and oxygen atoms in total. The van der Waals surface area contributed by atoms with Crippen LogP contribution in [0.5, 0.6) is 0 Å². The second kappa shape index (κ2) is 9.85. The number of carbonyl (C=O) groups is 3. The van der Waals surface area contributed by atoms with E-state index in [-0.39, 0.29) is 30.2 Å². The summed E-state index contributed by atoms with van der Waals surface area (Å²) >= 11 is 0. The van der Waals surface area contributed by atoms with E-state index in [1.54, 1.807) is 6.07 Å². The number of anilines is 3. The Kier molecular flexibility index (Phi) is 6.73. The number of benzene rings is 2. The Labute approximate surface area is 188 Å². The highest BCUT2D eigenvalue weighted by Crippen LogP contribution is 2.31. The maximum absolute atomic E-state index is 12.7. The summed E-state index contributed by atoms with van der Waals surface area (Å²) in [6.45, 7) is 3.55. The van der Waals surface area contributed by atoms with Crippen LogP contribution in [0.15, 0.2) is 42.5 Å². The van der Waals surface area contributed by atoms with Gasteiger partial charge in [-0.1, -0.05) is 12.1 Å². The van der Waals surface area contributed by atoms with Crippen molar-refractivity contribution in [3.8, 4) is 0 Å². The minimum atomic E-state index is -0.202. The Bertz CT molecular complexity index is 1010. The topological polar surface area (TPSA) is 90.5 Å². The average molecular weight is 435 g/mol. The molecular formula is C25H30N4O3. The van der Waals surface area contributed by atoms with Crippen molar-refractivity contribution in [1.82, 2.24) is 4.90 Å². The number of rotatable bonds is 7. The maximum atomic E-state index is 12.7. The van der Waals surface area contributed by atoms with Gasteiger partial charge < -0.3 is 20.9 Å². The summed E-state index contributed by atoms with van der Waals surface area (Å²) in [6.07, 6.45) is 5.16. The number of carbonyl (C=O) groups excluding carboxylic acids is 3. The summed E-state index contributed by atoms with van der Waals surface area (Å²) < 4.78 is 0. The molecule has 32 heavy (non-hydrogen) atoms. The second-order valence-corrected chi connectivity index (χ2v) is 8.58. The van der Waals surface area contributed by atoms with Crippen molar-refractivity contribution in [2.24, 2.45) is 5.92 Å². The van der Waals surface area contributed by atoms with Crippen LogP contribution >= 0.6 is 0 Å². The molecule has 4 rings (SSSR count). The van der Waals surface area contributed by atoms with Gasteiger partial charge in [-0.05, 0) is 74.9 Å². The third-order valence-corrected chi connectivity index (χ3v) is 6.02. The highest BCUT2D eigenvalue weighted by atomic mass is 16.2. The predicted molar refractivity (Wildman–Crippen MR) is 126 cm³/mol. The van der Waals surface area contributed by atoms with Crippen LogP contribution in [0.2, 0.25) is 0 Å². The van der Waals surface area contributed by atoms with E-state index in [0.717, 1.165) is 55.7 Å². The standard InChI is InChI=1S/C25H30N4O3/c1-17-21(9-6-10-22(17)28-24(31)18-11-12-18)27-23(30)16-26-20-8-5-7-19(15-20)25(32)29-13-3-2-4-14-29/h5-10,15,18,26H,2-4,11-14,16H2,1H3,(H,27,30)(H,28,31). The Morgan fingerprint density at radius 3 is 2.34 bits per heavy atom. The zero-order valence-corrected chi connectivity index (χ0v) is 18.4. The smallest absolute Gasteiger partial charge is 0.253 e. The molecule has 0 aromatic heterocycles. The van der Waals surface area contributed by atoms with Crippen molar-refractivity contribution < 1.29 is 14.4 Å². The van der Waals surface area contributed by atoms with Gasteiger partial charge in [-0.2, -0.15) is 0 Å². The fourth-order valence-corrected chi connectivity index (χ4v) is 3.91. The Morgan fingerprint density at radius 2 is 1.62 bits per heavy atom. The number of amides is 3. The van der Waals surface area contributed by atoms with Gasteiger partial charge in [-0.3, -0.25) is 14.4 Å². The zero-order valence-electron chi connectivity index (χ0n) is 18.4. The molecule has 3 N–H and O–H groups in total. The summed E-state index contributed by atoms with van der Waals surface area (Å²) in [4.78, 5) is 39.2. The predicted octanol–water partition coefficient (Wildman–Crippen LogP) is 4.02. The summed E-state index contributed by atoms with van der Waals surface area (Å²) in [7, 11) is 0. The molecule has 2 aliphatic rings. The number of likely N-dealkylation sites (tertiary alicyclic amines) is 1. The van der Waals surface area contributed by atoms with Gasteiger partial charge >= 0.3 is 0 Å². The van der Waals surface area contributed by atoms with Gasteiger partial charge in [0.15, 0.2) is 0 Å². The number of nitrogens with one attached hydrogen (secondary N) is 3. The molecule has 2 aromatic carbocycles. The molecule has 1 saturated heterocycles. The molecule has 0 spiro atoms. The molecule has 0 unspecified atom stereocenters. The number of hydrogen-bond donors (Lipinski definition) is 3. The van der Waals surface area contributed by atoms with Crippen LogP contribution in [0.1, 0.15) is 48.0 Å². The minimum Gasteiger partial charge on any atom is -0.376 e. The molecule has 7 heteroatoms. The van der Waals surface area contributed by atoms with Gasteiger partial charge in [-0.25, -0.2) is 0 Å². The SMILES string of the molecule is Cc1c(NC(=O)CNc2cccc(C(=O)N3CCCCC3)c2)cccc1NC(=O)C1CC1. The lowest BCUT2D eigenvalue weighted by Crippen LogP contribution is -2.35. The summed E-state index contributed by atoms with van der Waals surface area (Å²) in [6, 6.07) is 12.8. The number of piperidine rings is 1. The first-order valence-corrected chi connectivity index (χ1v) is 11.3. The van der Waals surface area contributed by atoms with Crippen LogP contribution in [-0.2, 0) is 9.59 Å². The third kappa shape index (κ3) is 5.46. The Morgan fingerprint density at radius 1 is 0.938 bits per heavy atom. The molecule has 1 saturated carbocycles. The lowest BCUT2D eigenvalue weighted by molar-refractivity contribution is -0.117. The quantitative estimate of drug-likeness (QED) is 0.614. The normalized spacial score (nSPS) is 15.7. The first kappa shape index (κ1) is 21.9.